The average molecular weight is 228 g/mol. The molecule has 0 aromatic rings. The van der Waals surface area contributed by atoms with Crippen molar-refractivity contribution in [1.29, 1.82) is 0 Å². The lowest BCUT2D eigenvalue weighted by molar-refractivity contribution is -0.231. The lowest BCUT2D eigenvalue weighted by atomic mass is 10.0. The van der Waals surface area contributed by atoms with Gasteiger partial charge >= 0.3 is 0 Å². The lowest BCUT2D eigenvalue weighted by Crippen LogP contribution is -2.54. The summed E-state index contributed by atoms with van der Waals surface area (Å²) in [5.41, 5.74) is 0. The molecule has 0 saturated carbocycles. The molecule has 0 radical (unpaired) electrons. The third-order valence-electron chi connectivity index (χ3n) is 2.59. The Bertz CT molecular complexity index is 280. The van der Waals surface area contributed by atoms with E-state index in [2.05, 4.69) is 0 Å². The number of ether oxygens (including phenoxy) is 4. The highest BCUT2D eigenvalue weighted by Gasteiger charge is 2.51. The van der Waals surface area contributed by atoms with E-state index in [1.807, 2.05) is 0 Å². The Hall–Kier alpha value is -1.01. The molecule has 0 aliphatic heterocycles. The fourth-order valence-corrected chi connectivity index (χ4v) is 1.57. The largest absolute Gasteiger partial charge is 0.344 e. The van der Waals surface area contributed by atoms with Crippen LogP contribution in [0, 0.1) is 0 Å². The molecule has 0 aromatic carbocycles. The Morgan fingerprint density at radius 2 is 1.12 bits per heavy atom. The van der Waals surface area contributed by atoms with Crippen molar-refractivity contribution < 1.29 is 23.7 Å². The fourth-order valence-electron chi connectivity index (χ4n) is 1.57. The van der Waals surface area contributed by atoms with Crippen LogP contribution in [0.2, 0.25) is 0 Å². The molecule has 0 heterocycles. The van der Waals surface area contributed by atoms with E-state index in [4.69, 9.17) is 18.9 Å². The number of ketones is 1. The maximum atomic E-state index is 12.3. The quantitative estimate of drug-likeness (QED) is 0.662. The number of carbonyl (C=O) groups excluding carboxylic acids is 1. The van der Waals surface area contributed by atoms with E-state index in [1.54, 1.807) is 12.2 Å². The van der Waals surface area contributed by atoms with Crippen LogP contribution in [0.3, 0.4) is 0 Å². The number of Topliss-reactive ketones (excluding diaryl/α,β-unsaturated/α-hetero) is 1. The molecule has 0 spiro atoms. The first-order valence-electron chi connectivity index (χ1n) is 4.73. The number of hydrogen-bond acceptors (Lipinski definition) is 5. The van der Waals surface area contributed by atoms with Gasteiger partial charge < -0.3 is 18.9 Å². The molecule has 16 heavy (non-hydrogen) atoms. The summed E-state index contributed by atoms with van der Waals surface area (Å²) in [6.07, 6.45) is 6.30. The highest BCUT2D eigenvalue weighted by molar-refractivity contribution is 5.96. The van der Waals surface area contributed by atoms with Gasteiger partial charge in [-0.1, -0.05) is 12.2 Å². The SMILES string of the molecule is COC1(OC)C=CC=CC(OC)(OC)C1=O. The molecular formula is C11H16O5. The first kappa shape index (κ1) is 13.1. The van der Waals surface area contributed by atoms with Crippen molar-refractivity contribution in [2.45, 2.75) is 11.6 Å². The van der Waals surface area contributed by atoms with Crippen LogP contribution in [-0.2, 0) is 23.7 Å². The van der Waals surface area contributed by atoms with Crippen LogP contribution < -0.4 is 0 Å². The minimum Gasteiger partial charge on any atom is -0.344 e. The highest BCUT2D eigenvalue weighted by Crippen LogP contribution is 2.28. The molecule has 0 unspecified atom stereocenters. The van der Waals surface area contributed by atoms with Gasteiger partial charge in [0.05, 0.1) is 0 Å². The normalized spacial score (nSPS) is 22.1. The van der Waals surface area contributed by atoms with Crippen molar-refractivity contribution in [3.05, 3.63) is 24.3 Å². The number of hydrogen-bond donors (Lipinski definition) is 0. The van der Waals surface area contributed by atoms with E-state index in [9.17, 15) is 4.79 Å². The summed E-state index contributed by atoms with van der Waals surface area (Å²) in [6.45, 7) is 0. The Morgan fingerprint density at radius 1 is 0.812 bits per heavy atom. The molecule has 0 saturated heterocycles. The van der Waals surface area contributed by atoms with Crippen LogP contribution in [0.15, 0.2) is 24.3 Å². The Balaban J connectivity index is 3.23. The van der Waals surface area contributed by atoms with Crippen molar-refractivity contribution in [2.24, 2.45) is 0 Å². The molecule has 1 rings (SSSR count). The van der Waals surface area contributed by atoms with Gasteiger partial charge in [-0.3, -0.25) is 4.79 Å². The lowest BCUT2D eigenvalue weighted by Gasteiger charge is -2.33. The van der Waals surface area contributed by atoms with Gasteiger partial charge in [-0.2, -0.15) is 0 Å². The zero-order valence-electron chi connectivity index (χ0n) is 9.85. The molecule has 1 aliphatic carbocycles. The molecule has 0 aromatic heterocycles. The molecule has 0 amide bonds. The van der Waals surface area contributed by atoms with Gasteiger partial charge in [0.1, 0.15) is 0 Å². The standard InChI is InChI=1S/C11H16O5/c1-13-10(14-2)7-5-6-8-11(15-3,16-4)9(10)12/h5-8H,1-4H3. The second kappa shape index (κ2) is 4.88. The Kier molecular flexibility index (Phi) is 3.98. The molecule has 0 fully saturated rings. The van der Waals surface area contributed by atoms with Gasteiger partial charge in [0.15, 0.2) is 0 Å². The molecular weight excluding hydrogens is 212 g/mol. The molecule has 5 heteroatoms. The van der Waals surface area contributed by atoms with E-state index in [1.165, 1.54) is 40.6 Å². The van der Waals surface area contributed by atoms with Gasteiger partial charge in [0, 0.05) is 28.4 Å². The van der Waals surface area contributed by atoms with Crippen LogP contribution in [0.5, 0.6) is 0 Å². The molecule has 90 valence electrons. The van der Waals surface area contributed by atoms with Crippen molar-refractivity contribution in [3.8, 4) is 0 Å². The smallest absolute Gasteiger partial charge is 0.259 e. The maximum absolute atomic E-state index is 12.3. The minimum atomic E-state index is -1.49. The average Bonchev–Trinajstić information content (AvgIpc) is 2.48. The molecule has 0 N–H and O–H groups in total. The second-order valence-electron chi connectivity index (χ2n) is 3.20. The number of allylic oxidation sites excluding steroid dienone is 2. The molecule has 0 atom stereocenters. The monoisotopic (exact) mass is 228 g/mol. The predicted octanol–water partition coefficient (Wildman–Crippen LogP) is 0.660. The number of carbonyl (C=O) groups is 1. The number of methoxy groups -OCH3 is 4. The first-order valence-corrected chi connectivity index (χ1v) is 4.73. The zero-order valence-corrected chi connectivity index (χ0v) is 9.85. The topological polar surface area (TPSA) is 54.0 Å². The third-order valence-corrected chi connectivity index (χ3v) is 2.59. The summed E-state index contributed by atoms with van der Waals surface area (Å²) in [6, 6.07) is 0. The Morgan fingerprint density at radius 3 is 1.38 bits per heavy atom. The minimum absolute atomic E-state index is 0.472. The second-order valence-corrected chi connectivity index (χ2v) is 3.20. The fraction of sp³-hybridized carbons (Fsp3) is 0.545. The van der Waals surface area contributed by atoms with Gasteiger partial charge in [-0.25, -0.2) is 0 Å². The van der Waals surface area contributed by atoms with E-state index >= 15 is 0 Å². The van der Waals surface area contributed by atoms with E-state index < -0.39 is 17.4 Å². The van der Waals surface area contributed by atoms with E-state index in [0.717, 1.165) is 0 Å². The van der Waals surface area contributed by atoms with Crippen LogP contribution in [0.4, 0.5) is 0 Å². The predicted molar refractivity (Wildman–Crippen MR) is 56.8 cm³/mol. The van der Waals surface area contributed by atoms with Gasteiger partial charge in [0.25, 0.3) is 17.4 Å². The zero-order chi connectivity index (χ0) is 12.2. The van der Waals surface area contributed by atoms with Crippen LogP contribution in [-0.4, -0.2) is 45.8 Å². The summed E-state index contributed by atoms with van der Waals surface area (Å²) in [4.78, 5) is 12.3. The third kappa shape index (κ3) is 1.82. The molecule has 1 aliphatic rings. The van der Waals surface area contributed by atoms with Crippen molar-refractivity contribution >= 4 is 5.78 Å². The van der Waals surface area contributed by atoms with Crippen molar-refractivity contribution in [3.63, 3.8) is 0 Å². The van der Waals surface area contributed by atoms with Gasteiger partial charge in [0.2, 0.25) is 0 Å². The summed E-state index contributed by atoms with van der Waals surface area (Å²) < 4.78 is 20.5. The van der Waals surface area contributed by atoms with E-state index in [0.29, 0.717) is 0 Å². The number of rotatable bonds is 4. The Labute approximate surface area is 94.6 Å². The summed E-state index contributed by atoms with van der Waals surface area (Å²) >= 11 is 0. The first-order chi connectivity index (χ1) is 7.60. The molecule has 5 nitrogen and oxygen atoms in total. The van der Waals surface area contributed by atoms with Crippen LogP contribution >= 0.6 is 0 Å². The summed E-state index contributed by atoms with van der Waals surface area (Å²) in [5, 5.41) is 0. The van der Waals surface area contributed by atoms with Crippen LogP contribution in [0.25, 0.3) is 0 Å². The maximum Gasteiger partial charge on any atom is 0.259 e. The van der Waals surface area contributed by atoms with Crippen molar-refractivity contribution in [1.82, 2.24) is 0 Å². The van der Waals surface area contributed by atoms with E-state index in [-0.39, 0.29) is 0 Å². The van der Waals surface area contributed by atoms with Gasteiger partial charge in [-0.05, 0) is 12.2 Å². The summed E-state index contributed by atoms with van der Waals surface area (Å²) in [7, 11) is 5.53. The molecule has 0 bridgehead atoms. The highest BCUT2D eigenvalue weighted by atomic mass is 16.7. The summed E-state index contributed by atoms with van der Waals surface area (Å²) in [5.74, 6) is -3.45. The van der Waals surface area contributed by atoms with Crippen molar-refractivity contribution in [2.75, 3.05) is 28.4 Å². The van der Waals surface area contributed by atoms with Gasteiger partial charge in [-0.15, -0.1) is 0 Å². The van der Waals surface area contributed by atoms with Crippen LogP contribution in [0.1, 0.15) is 0 Å².